The molecule has 2 aromatic carbocycles. The Bertz CT molecular complexity index is 1070. The van der Waals surface area contributed by atoms with Crippen molar-refractivity contribution in [2.75, 3.05) is 18.0 Å². The minimum atomic E-state index is 0.128. The average Bonchev–Trinajstić information content (AvgIpc) is 3.18. The van der Waals surface area contributed by atoms with Crippen molar-refractivity contribution in [3.8, 4) is 0 Å². The van der Waals surface area contributed by atoms with E-state index < -0.39 is 0 Å². The summed E-state index contributed by atoms with van der Waals surface area (Å²) < 4.78 is 2.34. The van der Waals surface area contributed by atoms with Gasteiger partial charge in [0.25, 0.3) is 0 Å². The molecule has 2 aliphatic rings. The zero-order valence-electron chi connectivity index (χ0n) is 19.1. The number of amides is 1. The van der Waals surface area contributed by atoms with E-state index in [0.717, 1.165) is 56.8 Å². The number of rotatable bonds is 5. The van der Waals surface area contributed by atoms with Crippen LogP contribution in [0.1, 0.15) is 56.1 Å². The van der Waals surface area contributed by atoms with Crippen molar-refractivity contribution in [1.82, 2.24) is 14.9 Å². The standard InChI is InChI=1S/C27H34N4O/c1-20-8-7-9-21(18-20)19-31-25-13-6-5-12-24(25)29-27(31)30-16-14-22(15-17-30)26(32)28-23-10-3-2-4-11-23/h5-9,12-13,18,22-23H,2-4,10-11,14-17,19H2,1H3,(H,28,32). The number of imidazole rings is 1. The molecule has 5 rings (SSSR count). The Labute approximate surface area is 190 Å². The Morgan fingerprint density at radius 2 is 1.78 bits per heavy atom. The maximum Gasteiger partial charge on any atom is 0.223 e. The Morgan fingerprint density at radius 1 is 1.00 bits per heavy atom. The molecule has 1 N–H and O–H groups in total. The van der Waals surface area contributed by atoms with Crippen LogP contribution < -0.4 is 10.2 Å². The second kappa shape index (κ2) is 9.35. The molecule has 1 aliphatic heterocycles. The van der Waals surface area contributed by atoms with Crippen molar-refractivity contribution < 1.29 is 4.79 Å². The summed E-state index contributed by atoms with van der Waals surface area (Å²) in [6.45, 7) is 4.69. The van der Waals surface area contributed by atoms with Crippen LogP contribution in [0.15, 0.2) is 48.5 Å². The van der Waals surface area contributed by atoms with E-state index in [4.69, 9.17) is 4.98 Å². The predicted molar refractivity (Wildman–Crippen MR) is 130 cm³/mol. The number of para-hydroxylation sites is 2. The van der Waals surface area contributed by atoms with E-state index >= 15 is 0 Å². The highest BCUT2D eigenvalue weighted by atomic mass is 16.1. The molecule has 3 aromatic rings. The zero-order chi connectivity index (χ0) is 21.9. The zero-order valence-corrected chi connectivity index (χ0v) is 19.1. The van der Waals surface area contributed by atoms with Gasteiger partial charge in [-0.25, -0.2) is 4.98 Å². The summed E-state index contributed by atoms with van der Waals surface area (Å²) in [6, 6.07) is 17.5. The van der Waals surface area contributed by atoms with Gasteiger partial charge in [-0.05, 0) is 50.3 Å². The first-order valence-electron chi connectivity index (χ1n) is 12.2. The Kier molecular flexibility index (Phi) is 6.15. The van der Waals surface area contributed by atoms with Crippen LogP contribution in [0, 0.1) is 12.8 Å². The number of fused-ring (bicyclic) bond motifs is 1. The minimum absolute atomic E-state index is 0.128. The second-order valence-corrected chi connectivity index (χ2v) is 9.58. The molecule has 1 amide bonds. The molecule has 0 radical (unpaired) electrons. The summed E-state index contributed by atoms with van der Waals surface area (Å²) >= 11 is 0. The van der Waals surface area contributed by atoms with Crippen molar-refractivity contribution in [3.63, 3.8) is 0 Å². The van der Waals surface area contributed by atoms with Gasteiger partial charge in [0.05, 0.1) is 17.6 Å². The fourth-order valence-corrected chi connectivity index (χ4v) is 5.36. The number of carbonyl (C=O) groups is 1. The lowest BCUT2D eigenvalue weighted by atomic mass is 9.92. The topological polar surface area (TPSA) is 50.2 Å². The van der Waals surface area contributed by atoms with Crippen molar-refractivity contribution in [3.05, 3.63) is 59.7 Å². The quantitative estimate of drug-likeness (QED) is 0.616. The van der Waals surface area contributed by atoms with E-state index in [-0.39, 0.29) is 11.8 Å². The molecule has 5 nitrogen and oxygen atoms in total. The Morgan fingerprint density at radius 3 is 2.56 bits per heavy atom. The van der Waals surface area contributed by atoms with Gasteiger partial charge in [0, 0.05) is 25.0 Å². The van der Waals surface area contributed by atoms with E-state index in [1.165, 1.54) is 35.9 Å². The summed E-state index contributed by atoms with van der Waals surface area (Å²) in [6.07, 6.45) is 7.90. The molecule has 0 unspecified atom stereocenters. The van der Waals surface area contributed by atoms with Crippen molar-refractivity contribution in [1.29, 1.82) is 0 Å². The first-order chi connectivity index (χ1) is 15.7. The highest BCUT2D eigenvalue weighted by Gasteiger charge is 2.29. The number of piperidine rings is 1. The third kappa shape index (κ3) is 4.52. The number of hydrogen-bond donors (Lipinski definition) is 1. The first-order valence-corrected chi connectivity index (χ1v) is 12.2. The van der Waals surface area contributed by atoms with Gasteiger partial charge in [-0.15, -0.1) is 0 Å². The van der Waals surface area contributed by atoms with E-state index in [0.29, 0.717) is 6.04 Å². The lowest BCUT2D eigenvalue weighted by molar-refractivity contribution is -0.126. The number of carbonyl (C=O) groups excluding carboxylic acids is 1. The van der Waals surface area contributed by atoms with Crippen LogP contribution >= 0.6 is 0 Å². The van der Waals surface area contributed by atoms with Crippen LogP contribution in [-0.4, -0.2) is 34.6 Å². The summed E-state index contributed by atoms with van der Waals surface area (Å²) in [7, 11) is 0. The third-order valence-corrected chi connectivity index (χ3v) is 7.16. The molecule has 1 saturated carbocycles. The molecule has 168 valence electrons. The van der Waals surface area contributed by atoms with Crippen LogP contribution in [0.3, 0.4) is 0 Å². The number of aromatic nitrogens is 2. The molecule has 1 aromatic heterocycles. The van der Waals surface area contributed by atoms with Crippen LogP contribution in [0.25, 0.3) is 11.0 Å². The fraction of sp³-hybridized carbons (Fsp3) is 0.481. The van der Waals surface area contributed by atoms with Gasteiger partial charge in [-0.2, -0.15) is 0 Å². The van der Waals surface area contributed by atoms with Crippen LogP contribution in [-0.2, 0) is 11.3 Å². The summed E-state index contributed by atoms with van der Waals surface area (Å²) in [5.74, 6) is 1.42. The number of benzene rings is 2. The summed E-state index contributed by atoms with van der Waals surface area (Å²) in [4.78, 5) is 20.2. The lowest BCUT2D eigenvalue weighted by Crippen LogP contribution is -2.45. The van der Waals surface area contributed by atoms with Crippen molar-refractivity contribution in [2.24, 2.45) is 5.92 Å². The van der Waals surface area contributed by atoms with Gasteiger partial charge in [0.15, 0.2) is 0 Å². The number of aryl methyl sites for hydroxylation is 1. The number of anilines is 1. The fourth-order valence-electron chi connectivity index (χ4n) is 5.36. The predicted octanol–water partition coefficient (Wildman–Crippen LogP) is 5.06. The highest BCUT2D eigenvalue weighted by Crippen LogP contribution is 2.28. The third-order valence-electron chi connectivity index (χ3n) is 7.16. The average molecular weight is 431 g/mol. The number of nitrogens with zero attached hydrogens (tertiary/aromatic N) is 3. The second-order valence-electron chi connectivity index (χ2n) is 9.58. The molecule has 2 fully saturated rings. The summed E-state index contributed by atoms with van der Waals surface area (Å²) in [5.41, 5.74) is 4.77. The molecule has 1 aliphatic carbocycles. The normalized spacial score (nSPS) is 18.2. The molecule has 1 saturated heterocycles. The maximum atomic E-state index is 12.8. The number of nitrogens with one attached hydrogen (secondary N) is 1. The molecular weight excluding hydrogens is 396 g/mol. The molecule has 0 atom stereocenters. The van der Waals surface area contributed by atoms with Crippen molar-refractivity contribution >= 4 is 22.9 Å². The van der Waals surface area contributed by atoms with Gasteiger partial charge in [0.2, 0.25) is 11.9 Å². The highest BCUT2D eigenvalue weighted by molar-refractivity contribution is 5.80. The van der Waals surface area contributed by atoms with Crippen molar-refractivity contribution in [2.45, 2.75) is 64.5 Å². The maximum absolute atomic E-state index is 12.8. The molecule has 0 spiro atoms. The monoisotopic (exact) mass is 430 g/mol. The van der Waals surface area contributed by atoms with E-state index in [1.54, 1.807) is 0 Å². The van der Waals surface area contributed by atoms with Gasteiger partial charge >= 0.3 is 0 Å². The van der Waals surface area contributed by atoms with E-state index in [2.05, 4.69) is 70.2 Å². The number of hydrogen-bond acceptors (Lipinski definition) is 3. The minimum Gasteiger partial charge on any atom is -0.353 e. The Balaban J connectivity index is 1.31. The van der Waals surface area contributed by atoms with Gasteiger partial charge in [-0.1, -0.05) is 61.2 Å². The molecule has 5 heteroatoms. The SMILES string of the molecule is Cc1cccc(Cn2c(N3CCC(C(=O)NC4CCCCC4)CC3)nc3ccccc32)c1. The first kappa shape index (κ1) is 21.0. The van der Waals surface area contributed by atoms with Gasteiger partial charge in [0.1, 0.15) is 0 Å². The van der Waals surface area contributed by atoms with Crippen LogP contribution in [0.4, 0.5) is 5.95 Å². The van der Waals surface area contributed by atoms with Crippen LogP contribution in [0.5, 0.6) is 0 Å². The molecular formula is C27H34N4O. The molecule has 0 bridgehead atoms. The van der Waals surface area contributed by atoms with Gasteiger partial charge < -0.3 is 14.8 Å². The smallest absolute Gasteiger partial charge is 0.223 e. The van der Waals surface area contributed by atoms with Gasteiger partial charge in [-0.3, -0.25) is 4.79 Å². The Hall–Kier alpha value is -2.82. The largest absolute Gasteiger partial charge is 0.353 e. The lowest BCUT2D eigenvalue weighted by Gasteiger charge is -2.33. The van der Waals surface area contributed by atoms with Crippen LogP contribution in [0.2, 0.25) is 0 Å². The van der Waals surface area contributed by atoms with E-state index in [9.17, 15) is 4.79 Å². The summed E-state index contributed by atoms with van der Waals surface area (Å²) in [5, 5.41) is 3.34. The molecule has 32 heavy (non-hydrogen) atoms. The van der Waals surface area contributed by atoms with E-state index in [1.807, 2.05) is 0 Å². The molecule has 2 heterocycles.